The maximum atomic E-state index is 5.90. The van der Waals surface area contributed by atoms with Crippen molar-refractivity contribution in [3.63, 3.8) is 0 Å². The van der Waals surface area contributed by atoms with Gasteiger partial charge in [0.2, 0.25) is 5.89 Å². The predicted molar refractivity (Wildman–Crippen MR) is 83.7 cm³/mol. The number of nitrogens with zero attached hydrogens (tertiary/aromatic N) is 4. The molecule has 4 aromatic rings. The topological polar surface area (TPSA) is 56.7 Å². The molecule has 4 rings (SSSR count). The lowest BCUT2D eigenvalue weighted by Gasteiger charge is -2.03. The van der Waals surface area contributed by atoms with E-state index in [0.717, 1.165) is 34.6 Å². The first-order valence-electron chi connectivity index (χ1n) is 7.20. The molecule has 0 atom stereocenters. The fraction of sp³-hybridized carbons (Fsp3) is 0.118. The number of oxazole rings is 1. The molecule has 0 spiro atoms. The molecule has 0 aliphatic heterocycles. The Morgan fingerprint density at radius 1 is 1.09 bits per heavy atom. The molecule has 2 aromatic carbocycles. The molecule has 0 bridgehead atoms. The second-order valence-electron chi connectivity index (χ2n) is 5.01. The summed E-state index contributed by atoms with van der Waals surface area (Å²) in [4.78, 5) is 4.54. The molecule has 0 N–H and O–H groups in total. The van der Waals surface area contributed by atoms with Crippen molar-refractivity contribution >= 4 is 11.1 Å². The molecule has 108 valence electrons. The summed E-state index contributed by atoms with van der Waals surface area (Å²) in [5.74, 6) is 1.55. The Labute approximate surface area is 127 Å². The number of fused-ring (bicyclic) bond motifs is 1. The lowest BCUT2D eigenvalue weighted by atomic mass is 10.2. The first kappa shape index (κ1) is 12.8. The van der Waals surface area contributed by atoms with Crippen LogP contribution in [0.4, 0.5) is 0 Å². The maximum absolute atomic E-state index is 5.90. The molecule has 0 aliphatic rings. The quantitative estimate of drug-likeness (QED) is 0.578. The van der Waals surface area contributed by atoms with Gasteiger partial charge in [-0.3, -0.25) is 4.57 Å². The van der Waals surface area contributed by atoms with Crippen molar-refractivity contribution in [2.45, 2.75) is 13.3 Å². The van der Waals surface area contributed by atoms with Crippen molar-refractivity contribution in [3.8, 4) is 17.1 Å². The number of aromatic nitrogens is 4. The van der Waals surface area contributed by atoms with E-state index >= 15 is 0 Å². The van der Waals surface area contributed by atoms with Gasteiger partial charge in [-0.05, 0) is 24.3 Å². The number of aryl methyl sites for hydroxylation is 1. The molecule has 0 unspecified atom stereocenters. The second kappa shape index (κ2) is 5.11. The van der Waals surface area contributed by atoms with Crippen LogP contribution in [-0.4, -0.2) is 19.7 Å². The van der Waals surface area contributed by atoms with Gasteiger partial charge in [0.25, 0.3) is 0 Å². The summed E-state index contributed by atoms with van der Waals surface area (Å²) >= 11 is 0. The van der Waals surface area contributed by atoms with Crippen molar-refractivity contribution in [3.05, 3.63) is 60.7 Å². The zero-order valence-electron chi connectivity index (χ0n) is 12.1. The number of benzene rings is 2. The van der Waals surface area contributed by atoms with Crippen LogP contribution < -0.4 is 0 Å². The number of rotatable bonds is 3. The molecule has 2 heterocycles. The molecule has 5 heteroatoms. The van der Waals surface area contributed by atoms with Gasteiger partial charge in [-0.1, -0.05) is 25.1 Å². The van der Waals surface area contributed by atoms with Crippen LogP contribution in [0.25, 0.3) is 28.2 Å². The summed E-state index contributed by atoms with van der Waals surface area (Å²) in [5, 5.41) is 8.08. The van der Waals surface area contributed by atoms with Crippen LogP contribution in [0.15, 0.2) is 59.3 Å². The minimum atomic E-state index is 0.632. The van der Waals surface area contributed by atoms with E-state index in [1.165, 1.54) is 0 Å². The highest BCUT2D eigenvalue weighted by Gasteiger charge is 2.10. The Bertz CT molecular complexity index is 924. The van der Waals surface area contributed by atoms with Crippen LogP contribution >= 0.6 is 0 Å². The maximum Gasteiger partial charge on any atom is 0.227 e. The monoisotopic (exact) mass is 290 g/mol. The van der Waals surface area contributed by atoms with Crippen LogP contribution in [0, 0.1) is 0 Å². The van der Waals surface area contributed by atoms with E-state index in [9.17, 15) is 0 Å². The molecule has 0 saturated carbocycles. The highest BCUT2D eigenvalue weighted by atomic mass is 16.3. The van der Waals surface area contributed by atoms with Gasteiger partial charge in [-0.15, -0.1) is 10.2 Å². The molecular weight excluding hydrogens is 276 g/mol. The average molecular weight is 290 g/mol. The molecule has 0 amide bonds. The van der Waals surface area contributed by atoms with Crippen molar-refractivity contribution in [1.82, 2.24) is 19.7 Å². The van der Waals surface area contributed by atoms with Gasteiger partial charge in [-0.2, -0.15) is 0 Å². The Morgan fingerprint density at radius 3 is 2.77 bits per heavy atom. The standard InChI is InChI=1S/C17H14N4O/c1-2-16-20-18-11-21(16)13-8-9-14-15(10-13)22-17(19-14)12-6-4-3-5-7-12/h3-11H,2H2,1H3. The molecule has 5 nitrogen and oxygen atoms in total. The SMILES string of the molecule is CCc1nncn1-c1ccc2nc(-c3ccccc3)oc2c1. The van der Waals surface area contributed by atoms with E-state index in [4.69, 9.17) is 4.42 Å². The third-order valence-electron chi connectivity index (χ3n) is 3.61. The molecular formula is C17H14N4O. The molecule has 0 radical (unpaired) electrons. The van der Waals surface area contributed by atoms with E-state index < -0.39 is 0 Å². The summed E-state index contributed by atoms with van der Waals surface area (Å²) in [6.07, 6.45) is 2.54. The number of hydrogen-bond acceptors (Lipinski definition) is 4. The third kappa shape index (κ3) is 2.07. The van der Waals surface area contributed by atoms with E-state index in [-0.39, 0.29) is 0 Å². The zero-order valence-corrected chi connectivity index (χ0v) is 12.1. The van der Waals surface area contributed by atoms with Gasteiger partial charge < -0.3 is 4.42 Å². The first-order chi connectivity index (χ1) is 10.8. The molecule has 22 heavy (non-hydrogen) atoms. The number of hydrogen-bond donors (Lipinski definition) is 0. The van der Waals surface area contributed by atoms with Crippen LogP contribution in [0.2, 0.25) is 0 Å². The molecule has 0 aliphatic carbocycles. The van der Waals surface area contributed by atoms with E-state index in [1.807, 2.05) is 53.1 Å². The Morgan fingerprint density at radius 2 is 1.95 bits per heavy atom. The second-order valence-corrected chi connectivity index (χ2v) is 5.01. The Kier molecular flexibility index (Phi) is 2.96. The largest absolute Gasteiger partial charge is 0.436 e. The van der Waals surface area contributed by atoms with Gasteiger partial charge >= 0.3 is 0 Å². The summed E-state index contributed by atoms with van der Waals surface area (Å²) < 4.78 is 7.86. The molecule has 2 aromatic heterocycles. The van der Waals surface area contributed by atoms with Crippen LogP contribution in [-0.2, 0) is 6.42 Å². The van der Waals surface area contributed by atoms with E-state index in [2.05, 4.69) is 22.1 Å². The fourth-order valence-corrected chi connectivity index (χ4v) is 2.48. The van der Waals surface area contributed by atoms with Crippen molar-refractivity contribution in [1.29, 1.82) is 0 Å². The highest BCUT2D eigenvalue weighted by molar-refractivity contribution is 5.78. The summed E-state index contributed by atoms with van der Waals surface area (Å²) in [7, 11) is 0. The Balaban J connectivity index is 1.82. The fourth-order valence-electron chi connectivity index (χ4n) is 2.48. The van der Waals surface area contributed by atoms with E-state index in [0.29, 0.717) is 5.89 Å². The summed E-state index contributed by atoms with van der Waals surface area (Å²) in [6, 6.07) is 15.8. The van der Waals surface area contributed by atoms with Gasteiger partial charge in [-0.25, -0.2) is 4.98 Å². The lowest BCUT2D eigenvalue weighted by Crippen LogP contribution is -1.98. The summed E-state index contributed by atoms with van der Waals surface area (Å²) in [6.45, 7) is 2.06. The van der Waals surface area contributed by atoms with Crippen LogP contribution in [0.1, 0.15) is 12.7 Å². The van der Waals surface area contributed by atoms with Gasteiger partial charge in [0.15, 0.2) is 5.58 Å². The highest BCUT2D eigenvalue weighted by Crippen LogP contribution is 2.26. The van der Waals surface area contributed by atoms with Gasteiger partial charge in [0.1, 0.15) is 17.7 Å². The van der Waals surface area contributed by atoms with E-state index in [1.54, 1.807) is 6.33 Å². The van der Waals surface area contributed by atoms with Crippen molar-refractivity contribution in [2.24, 2.45) is 0 Å². The third-order valence-corrected chi connectivity index (χ3v) is 3.61. The lowest BCUT2D eigenvalue weighted by molar-refractivity contribution is 0.619. The predicted octanol–water partition coefficient (Wildman–Crippen LogP) is 3.64. The zero-order chi connectivity index (χ0) is 14.9. The van der Waals surface area contributed by atoms with Crippen molar-refractivity contribution in [2.75, 3.05) is 0 Å². The minimum Gasteiger partial charge on any atom is -0.436 e. The van der Waals surface area contributed by atoms with Crippen LogP contribution in [0.3, 0.4) is 0 Å². The van der Waals surface area contributed by atoms with Gasteiger partial charge in [0.05, 0.1) is 5.69 Å². The summed E-state index contributed by atoms with van der Waals surface area (Å²) in [5.41, 5.74) is 3.55. The normalized spacial score (nSPS) is 11.1. The Hall–Kier alpha value is -2.95. The minimum absolute atomic E-state index is 0.632. The first-order valence-corrected chi connectivity index (χ1v) is 7.20. The van der Waals surface area contributed by atoms with Crippen LogP contribution in [0.5, 0.6) is 0 Å². The molecule has 0 saturated heterocycles. The van der Waals surface area contributed by atoms with Gasteiger partial charge in [0, 0.05) is 18.1 Å². The molecule has 0 fully saturated rings. The average Bonchev–Trinajstić information content (AvgIpc) is 3.21. The smallest absolute Gasteiger partial charge is 0.227 e. The van der Waals surface area contributed by atoms with Crippen molar-refractivity contribution < 1.29 is 4.42 Å².